The lowest BCUT2D eigenvalue weighted by atomic mass is 10.1. The van der Waals surface area contributed by atoms with E-state index in [1.54, 1.807) is 31.2 Å². The summed E-state index contributed by atoms with van der Waals surface area (Å²) in [4.78, 5) is 15.9. The van der Waals surface area contributed by atoms with Crippen LogP contribution in [0.25, 0.3) is 0 Å². The number of methoxy groups -OCH3 is 1. The Bertz CT molecular complexity index is 602. The van der Waals surface area contributed by atoms with Gasteiger partial charge in [-0.2, -0.15) is 0 Å². The van der Waals surface area contributed by atoms with Gasteiger partial charge in [-0.1, -0.05) is 6.07 Å². The van der Waals surface area contributed by atoms with Crippen LogP contribution in [-0.2, 0) is 0 Å². The average Bonchev–Trinajstić information content (AvgIpc) is 2.47. The SMILES string of the molecule is COc1cccc(F)c1[C@H](C)NC(=O)c1ccncc1. The quantitative estimate of drug-likeness (QED) is 0.932. The van der Waals surface area contributed by atoms with Gasteiger partial charge in [0.25, 0.3) is 5.91 Å². The van der Waals surface area contributed by atoms with Crippen LogP contribution in [0, 0.1) is 5.82 Å². The molecule has 20 heavy (non-hydrogen) atoms. The van der Waals surface area contributed by atoms with Gasteiger partial charge < -0.3 is 10.1 Å². The molecule has 0 spiro atoms. The minimum atomic E-state index is -0.508. The number of benzene rings is 1. The van der Waals surface area contributed by atoms with Gasteiger partial charge in [-0.3, -0.25) is 9.78 Å². The summed E-state index contributed by atoms with van der Waals surface area (Å²) in [7, 11) is 1.47. The molecule has 0 fully saturated rings. The molecular formula is C15H15FN2O2. The second kappa shape index (κ2) is 6.14. The second-order valence-corrected chi connectivity index (χ2v) is 4.29. The fourth-order valence-corrected chi connectivity index (χ4v) is 1.97. The molecule has 1 atom stereocenters. The lowest BCUT2D eigenvalue weighted by Gasteiger charge is -2.18. The Balaban J connectivity index is 2.21. The van der Waals surface area contributed by atoms with Crippen molar-refractivity contribution >= 4 is 5.91 Å². The molecule has 104 valence electrons. The molecule has 1 aromatic heterocycles. The van der Waals surface area contributed by atoms with Crippen molar-refractivity contribution in [2.45, 2.75) is 13.0 Å². The number of hydrogen-bond donors (Lipinski definition) is 1. The lowest BCUT2D eigenvalue weighted by Crippen LogP contribution is -2.27. The number of pyridine rings is 1. The fourth-order valence-electron chi connectivity index (χ4n) is 1.97. The normalized spacial score (nSPS) is 11.8. The first-order chi connectivity index (χ1) is 9.63. The van der Waals surface area contributed by atoms with Crippen LogP contribution in [0.1, 0.15) is 28.9 Å². The monoisotopic (exact) mass is 274 g/mol. The Hall–Kier alpha value is -2.43. The van der Waals surface area contributed by atoms with Crippen molar-refractivity contribution in [2.75, 3.05) is 7.11 Å². The molecule has 2 rings (SSSR count). The maximum atomic E-state index is 13.9. The zero-order chi connectivity index (χ0) is 14.5. The summed E-state index contributed by atoms with van der Waals surface area (Å²) < 4.78 is 19.0. The third-order valence-corrected chi connectivity index (χ3v) is 2.96. The van der Waals surface area contributed by atoms with Crippen LogP contribution in [0.2, 0.25) is 0 Å². The largest absolute Gasteiger partial charge is 0.496 e. The fraction of sp³-hybridized carbons (Fsp3) is 0.200. The van der Waals surface area contributed by atoms with Crippen LogP contribution in [0.5, 0.6) is 5.75 Å². The highest BCUT2D eigenvalue weighted by molar-refractivity contribution is 5.94. The van der Waals surface area contributed by atoms with Crippen LogP contribution in [0.15, 0.2) is 42.7 Å². The van der Waals surface area contributed by atoms with Crippen LogP contribution in [0.3, 0.4) is 0 Å². The number of carbonyl (C=O) groups is 1. The summed E-state index contributed by atoms with van der Waals surface area (Å²) in [6.45, 7) is 1.71. The number of halogens is 1. The molecule has 0 radical (unpaired) electrons. The number of carbonyl (C=O) groups excluding carboxylic acids is 1. The van der Waals surface area contributed by atoms with E-state index in [-0.39, 0.29) is 5.91 Å². The zero-order valence-corrected chi connectivity index (χ0v) is 11.3. The van der Waals surface area contributed by atoms with E-state index in [9.17, 15) is 9.18 Å². The summed E-state index contributed by atoms with van der Waals surface area (Å²) in [5.74, 6) is -0.287. The van der Waals surface area contributed by atoms with Crippen molar-refractivity contribution in [1.29, 1.82) is 0 Å². The molecule has 0 saturated heterocycles. The molecular weight excluding hydrogens is 259 g/mol. The van der Waals surface area contributed by atoms with Crippen molar-refractivity contribution in [3.63, 3.8) is 0 Å². The number of hydrogen-bond acceptors (Lipinski definition) is 3. The predicted molar refractivity (Wildman–Crippen MR) is 73.1 cm³/mol. The summed E-state index contributed by atoms with van der Waals surface area (Å²) in [5.41, 5.74) is 0.805. The van der Waals surface area contributed by atoms with E-state index in [4.69, 9.17) is 4.74 Å². The van der Waals surface area contributed by atoms with Gasteiger partial charge in [0.15, 0.2) is 0 Å². The first kappa shape index (κ1) is 14.0. The van der Waals surface area contributed by atoms with E-state index in [1.165, 1.54) is 25.6 Å². The molecule has 5 heteroatoms. The summed E-state index contributed by atoms with van der Waals surface area (Å²) in [6, 6.07) is 7.25. The molecule has 0 unspecified atom stereocenters. The Morgan fingerprint density at radius 3 is 2.65 bits per heavy atom. The average molecular weight is 274 g/mol. The third kappa shape index (κ3) is 2.93. The molecule has 1 heterocycles. The number of ether oxygens (including phenoxy) is 1. The number of nitrogens with zero attached hydrogens (tertiary/aromatic N) is 1. The van der Waals surface area contributed by atoms with E-state index < -0.39 is 11.9 Å². The highest BCUT2D eigenvalue weighted by atomic mass is 19.1. The van der Waals surface area contributed by atoms with E-state index in [0.717, 1.165) is 0 Å². The maximum absolute atomic E-state index is 13.9. The maximum Gasteiger partial charge on any atom is 0.251 e. The van der Waals surface area contributed by atoms with Gasteiger partial charge in [-0.25, -0.2) is 4.39 Å². The van der Waals surface area contributed by atoms with Crippen molar-refractivity contribution in [2.24, 2.45) is 0 Å². The van der Waals surface area contributed by atoms with Crippen LogP contribution >= 0.6 is 0 Å². The highest BCUT2D eigenvalue weighted by Crippen LogP contribution is 2.27. The Morgan fingerprint density at radius 2 is 2.00 bits per heavy atom. The minimum Gasteiger partial charge on any atom is -0.496 e. The van der Waals surface area contributed by atoms with E-state index in [1.807, 2.05) is 0 Å². The summed E-state index contributed by atoms with van der Waals surface area (Å²) in [6.07, 6.45) is 3.06. The first-order valence-corrected chi connectivity index (χ1v) is 6.16. The van der Waals surface area contributed by atoms with Gasteiger partial charge in [0, 0.05) is 18.0 Å². The predicted octanol–water partition coefficient (Wildman–Crippen LogP) is 2.72. The zero-order valence-electron chi connectivity index (χ0n) is 11.3. The minimum absolute atomic E-state index is 0.287. The van der Waals surface area contributed by atoms with E-state index >= 15 is 0 Å². The number of nitrogens with one attached hydrogen (secondary N) is 1. The smallest absolute Gasteiger partial charge is 0.251 e. The molecule has 0 saturated carbocycles. The van der Waals surface area contributed by atoms with Gasteiger partial charge in [0.2, 0.25) is 0 Å². The van der Waals surface area contributed by atoms with Crippen LogP contribution in [0.4, 0.5) is 4.39 Å². The molecule has 0 bridgehead atoms. The standard InChI is InChI=1S/C15H15FN2O2/c1-10(14-12(16)4-3-5-13(14)20-2)18-15(19)11-6-8-17-9-7-11/h3-10H,1-2H3,(H,18,19)/t10-/m0/s1. The first-order valence-electron chi connectivity index (χ1n) is 6.16. The van der Waals surface area contributed by atoms with Crippen LogP contribution in [-0.4, -0.2) is 18.0 Å². The molecule has 4 nitrogen and oxygen atoms in total. The molecule has 0 aliphatic heterocycles. The number of rotatable bonds is 4. The van der Waals surface area contributed by atoms with Crippen molar-refractivity contribution in [1.82, 2.24) is 10.3 Å². The summed E-state index contributed by atoms with van der Waals surface area (Å²) >= 11 is 0. The van der Waals surface area contributed by atoms with Crippen molar-refractivity contribution < 1.29 is 13.9 Å². The molecule has 0 aliphatic rings. The van der Waals surface area contributed by atoms with Gasteiger partial charge in [0.1, 0.15) is 11.6 Å². The Kier molecular flexibility index (Phi) is 4.30. The highest BCUT2D eigenvalue weighted by Gasteiger charge is 2.18. The van der Waals surface area contributed by atoms with Gasteiger partial charge >= 0.3 is 0 Å². The molecule has 1 N–H and O–H groups in total. The van der Waals surface area contributed by atoms with E-state index in [2.05, 4.69) is 10.3 Å². The third-order valence-electron chi connectivity index (χ3n) is 2.96. The summed E-state index contributed by atoms with van der Waals surface area (Å²) in [5, 5.41) is 2.74. The number of aromatic nitrogens is 1. The molecule has 1 amide bonds. The molecule has 1 aromatic carbocycles. The molecule has 2 aromatic rings. The number of amides is 1. The Labute approximate surface area is 116 Å². The van der Waals surface area contributed by atoms with Crippen molar-refractivity contribution in [3.8, 4) is 5.75 Å². The van der Waals surface area contributed by atoms with Gasteiger partial charge in [-0.15, -0.1) is 0 Å². The Morgan fingerprint density at radius 1 is 1.30 bits per heavy atom. The van der Waals surface area contributed by atoms with Crippen LogP contribution < -0.4 is 10.1 Å². The van der Waals surface area contributed by atoms with E-state index in [0.29, 0.717) is 16.9 Å². The van der Waals surface area contributed by atoms with Gasteiger partial charge in [0.05, 0.1) is 18.7 Å². The van der Waals surface area contributed by atoms with Gasteiger partial charge in [-0.05, 0) is 31.2 Å². The topological polar surface area (TPSA) is 51.2 Å². The second-order valence-electron chi connectivity index (χ2n) is 4.29. The molecule has 0 aliphatic carbocycles. The van der Waals surface area contributed by atoms with Crippen molar-refractivity contribution in [3.05, 3.63) is 59.7 Å². The lowest BCUT2D eigenvalue weighted by molar-refractivity contribution is 0.0939.